The van der Waals surface area contributed by atoms with Crippen LogP contribution in [-0.2, 0) is 11.3 Å². The molecule has 1 fully saturated rings. The van der Waals surface area contributed by atoms with Crippen LogP contribution in [0.4, 0.5) is 17.6 Å². The number of nitrogens with zero attached hydrogens (tertiary/aromatic N) is 1. The molecule has 4 rings (SSSR count). The maximum atomic E-state index is 13.8. The number of hydrogen-bond acceptors (Lipinski definition) is 4. The highest BCUT2D eigenvalue weighted by atomic mass is 19.4. The Morgan fingerprint density at radius 3 is 2.67 bits per heavy atom. The monoisotopic (exact) mass is 462 g/mol. The summed E-state index contributed by atoms with van der Waals surface area (Å²) in [5, 5.41) is 12.6. The van der Waals surface area contributed by atoms with Crippen molar-refractivity contribution in [2.75, 3.05) is 13.1 Å². The lowest BCUT2D eigenvalue weighted by atomic mass is 9.85. The summed E-state index contributed by atoms with van der Waals surface area (Å²) in [6.45, 7) is 3.35. The second-order valence-electron chi connectivity index (χ2n) is 8.31. The average molecular weight is 462 g/mol. The molecule has 10 heteroatoms. The maximum Gasteiger partial charge on any atom is 0.471 e. The molecule has 0 radical (unpaired) electrons. The molecular weight excluding hydrogens is 440 g/mol. The first-order valence-corrected chi connectivity index (χ1v) is 10.4. The van der Waals surface area contributed by atoms with E-state index in [-0.39, 0.29) is 29.2 Å². The number of rotatable bonds is 3. The van der Waals surface area contributed by atoms with Crippen molar-refractivity contribution in [3.8, 4) is 0 Å². The van der Waals surface area contributed by atoms with Gasteiger partial charge in [-0.15, -0.1) is 0 Å². The quantitative estimate of drug-likeness (QED) is 0.372. The summed E-state index contributed by atoms with van der Waals surface area (Å²) < 4.78 is 51.2. The summed E-state index contributed by atoms with van der Waals surface area (Å²) in [6, 6.07) is 9.13. The van der Waals surface area contributed by atoms with E-state index in [4.69, 9.17) is 5.41 Å². The van der Waals surface area contributed by atoms with Crippen molar-refractivity contribution in [3.63, 3.8) is 0 Å². The molecule has 2 aliphatic heterocycles. The molecule has 2 heterocycles. The molecule has 0 spiro atoms. The zero-order valence-corrected chi connectivity index (χ0v) is 17.7. The van der Waals surface area contributed by atoms with Gasteiger partial charge in [0.25, 0.3) is 5.91 Å². The number of piperidine rings is 1. The lowest BCUT2D eigenvalue weighted by Gasteiger charge is -2.38. The number of nitrogens with one attached hydrogen (secondary N) is 3. The third-order valence-corrected chi connectivity index (χ3v) is 6.18. The zero-order chi connectivity index (χ0) is 23.9. The van der Waals surface area contributed by atoms with Crippen molar-refractivity contribution in [2.45, 2.75) is 38.0 Å². The van der Waals surface area contributed by atoms with E-state index >= 15 is 0 Å². The van der Waals surface area contributed by atoms with Gasteiger partial charge in [0.1, 0.15) is 11.7 Å². The van der Waals surface area contributed by atoms with Crippen molar-refractivity contribution in [1.82, 2.24) is 15.5 Å². The number of carbonyl (C=O) groups excluding carboxylic acids is 2. The molecule has 0 saturated carbocycles. The fourth-order valence-corrected chi connectivity index (χ4v) is 4.46. The van der Waals surface area contributed by atoms with Crippen molar-refractivity contribution in [3.05, 3.63) is 70.0 Å². The Balaban J connectivity index is 1.57. The van der Waals surface area contributed by atoms with Gasteiger partial charge in [-0.1, -0.05) is 24.3 Å². The minimum Gasteiger partial charge on any atom is -0.331 e. The van der Waals surface area contributed by atoms with Crippen LogP contribution >= 0.6 is 0 Å². The van der Waals surface area contributed by atoms with E-state index in [0.29, 0.717) is 42.7 Å². The fraction of sp³-hybridized carbons (Fsp3) is 0.348. The Kier molecular flexibility index (Phi) is 5.96. The topological polar surface area (TPSA) is 85.3 Å². The van der Waals surface area contributed by atoms with E-state index in [1.54, 1.807) is 30.0 Å². The molecule has 0 aromatic heterocycles. The Hall–Kier alpha value is -3.27. The van der Waals surface area contributed by atoms with Gasteiger partial charge >= 0.3 is 12.1 Å². The van der Waals surface area contributed by atoms with E-state index in [9.17, 15) is 27.2 Å². The van der Waals surface area contributed by atoms with Gasteiger partial charge in [-0.3, -0.25) is 15.0 Å². The number of aryl methyl sites for hydroxylation is 1. The van der Waals surface area contributed by atoms with E-state index in [0.717, 1.165) is 5.56 Å². The molecule has 33 heavy (non-hydrogen) atoms. The maximum absolute atomic E-state index is 13.8. The molecule has 2 amide bonds. The molecule has 2 atom stereocenters. The number of fused-ring (bicyclic) bond motifs is 1. The first kappa shape index (κ1) is 22.9. The third kappa shape index (κ3) is 4.47. The summed E-state index contributed by atoms with van der Waals surface area (Å²) in [5.74, 6) is -3.60. The van der Waals surface area contributed by atoms with Gasteiger partial charge in [-0.25, -0.2) is 4.39 Å². The van der Waals surface area contributed by atoms with E-state index in [1.165, 1.54) is 23.5 Å². The summed E-state index contributed by atoms with van der Waals surface area (Å²) >= 11 is 0. The summed E-state index contributed by atoms with van der Waals surface area (Å²) in [4.78, 5) is 26.1. The van der Waals surface area contributed by atoms with E-state index < -0.39 is 17.9 Å². The molecule has 2 aromatic rings. The van der Waals surface area contributed by atoms with E-state index in [2.05, 4.69) is 5.32 Å². The lowest BCUT2D eigenvalue weighted by Crippen LogP contribution is -2.48. The van der Waals surface area contributed by atoms with Gasteiger partial charge in [0.15, 0.2) is 0 Å². The standard InChI is InChI=1S/C23H22F4N4O2/c1-12-8-13(4-5-18(12)24)17-10-29-7-6-19(17)31-11-15-3-2-14(9-16(15)21(31)32)20(28)30-22(33)23(25,26)27/h2-5,8-9,17,19,29H,6-7,10-11H2,1H3,(H2,28,30,33)/t17-,19?/m0/s1. The SMILES string of the molecule is Cc1cc([C@@H]2CNCCC2N2Cc3ccc(C(=N)NC(=O)C(F)(F)F)cc3C2=O)ccc1F. The predicted molar refractivity (Wildman–Crippen MR) is 112 cm³/mol. The van der Waals surface area contributed by atoms with Gasteiger partial charge in [-0.2, -0.15) is 13.2 Å². The number of amides is 2. The number of halogens is 4. The van der Waals surface area contributed by atoms with Gasteiger partial charge in [0, 0.05) is 36.2 Å². The van der Waals surface area contributed by atoms with Crippen LogP contribution in [0.5, 0.6) is 0 Å². The summed E-state index contributed by atoms with van der Waals surface area (Å²) in [7, 11) is 0. The van der Waals surface area contributed by atoms with Crippen LogP contribution in [0.25, 0.3) is 0 Å². The molecule has 174 valence electrons. The molecule has 1 unspecified atom stereocenters. The number of hydrogen-bond donors (Lipinski definition) is 3. The number of alkyl halides is 3. The van der Waals surface area contributed by atoms with Crippen molar-refractivity contribution in [2.24, 2.45) is 0 Å². The highest BCUT2D eigenvalue weighted by Gasteiger charge is 2.40. The van der Waals surface area contributed by atoms with Crippen LogP contribution in [0.2, 0.25) is 0 Å². The summed E-state index contributed by atoms with van der Waals surface area (Å²) in [6.07, 6.45) is -4.43. The highest BCUT2D eigenvalue weighted by molar-refractivity contribution is 6.09. The van der Waals surface area contributed by atoms with Crippen molar-refractivity contribution in [1.29, 1.82) is 5.41 Å². The first-order valence-electron chi connectivity index (χ1n) is 10.4. The highest BCUT2D eigenvalue weighted by Crippen LogP contribution is 2.35. The largest absolute Gasteiger partial charge is 0.471 e. The second kappa shape index (κ2) is 8.58. The minimum atomic E-state index is -5.11. The van der Waals surface area contributed by atoms with Gasteiger partial charge < -0.3 is 15.5 Å². The Labute approximate surface area is 187 Å². The van der Waals surface area contributed by atoms with Crippen LogP contribution in [0.3, 0.4) is 0 Å². The molecule has 6 nitrogen and oxygen atoms in total. The van der Waals surface area contributed by atoms with Crippen molar-refractivity contribution >= 4 is 17.6 Å². The van der Waals surface area contributed by atoms with Crippen LogP contribution in [-0.4, -0.2) is 47.9 Å². The molecular formula is C23H22F4N4O2. The molecule has 1 saturated heterocycles. The third-order valence-electron chi connectivity index (χ3n) is 6.18. The van der Waals surface area contributed by atoms with Gasteiger partial charge in [0.2, 0.25) is 0 Å². The van der Waals surface area contributed by atoms with Crippen LogP contribution < -0.4 is 10.6 Å². The Bertz CT molecular complexity index is 1130. The van der Waals surface area contributed by atoms with E-state index in [1.807, 2.05) is 0 Å². The normalized spacial score (nSPS) is 20.5. The second-order valence-corrected chi connectivity index (χ2v) is 8.31. The molecule has 2 aliphatic rings. The van der Waals surface area contributed by atoms with Gasteiger partial charge in [-0.05, 0) is 48.7 Å². The number of carbonyl (C=O) groups is 2. The van der Waals surface area contributed by atoms with Crippen LogP contribution in [0, 0.1) is 18.2 Å². The van der Waals surface area contributed by atoms with Crippen molar-refractivity contribution < 1.29 is 27.2 Å². The van der Waals surface area contributed by atoms with Gasteiger partial charge in [0.05, 0.1) is 0 Å². The smallest absolute Gasteiger partial charge is 0.331 e. The molecule has 2 aromatic carbocycles. The Morgan fingerprint density at radius 2 is 1.97 bits per heavy atom. The lowest BCUT2D eigenvalue weighted by molar-refractivity contribution is -0.171. The molecule has 0 bridgehead atoms. The molecule has 3 N–H and O–H groups in total. The predicted octanol–water partition coefficient (Wildman–Crippen LogP) is 3.24. The zero-order valence-electron chi connectivity index (χ0n) is 17.7. The summed E-state index contributed by atoms with van der Waals surface area (Å²) in [5.41, 5.74) is 2.46. The van der Waals surface area contributed by atoms with Crippen LogP contribution in [0.15, 0.2) is 36.4 Å². The number of benzene rings is 2. The van der Waals surface area contributed by atoms with Crippen LogP contribution in [0.1, 0.15) is 45.0 Å². The minimum absolute atomic E-state index is 0.0116. The number of amidine groups is 1. The molecule has 0 aliphatic carbocycles. The fourth-order valence-electron chi connectivity index (χ4n) is 4.46. The average Bonchev–Trinajstić information content (AvgIpc) is 3.10. The Morgan fingerprint density at radius 1 is 1.21 bits per heavy atom. The first-order chi connectivity index (χ1) is 15.6.